The van der Waals surface area contributed by atoms with Crippen molar-refractivity contribution in [3.8, 4) is 0 Å². The molecular weight excluding hydrogens is 278 g/mol. The molecule has 8 nitrogen and oxygen atoms in total. The number of urea groups is 1. The summed E-state index contributed by atoms with van der Waals surface area (Å²) in [5.41, 5.74) is -0.00356. The van der Waals surface area contributed by atoms with Crippen molar-refractivity contribution >= 4 is 23.5 Å². The average Bonchev–Trinajstić information content (AvgIpc) is 2.63. The lowest BCUT2D eigenvalue weighted by molar-refractivity contribution is -0.385. The Labute approximate surface area is 120 Å². The van der Waals surface area contributed by atoms with Crippen LogP contribution in [0.1, 0.15) is 19.4 Å². The second kappa shape index (κ2) is 5.31. The van der Waals surface area contributed by atoms with E-state index in [1.54, 1.807) is 19.9 Å². The van der Waals surface area contributed by atoms with Crippen LogP contribution in [0.15, 0.2) is 24.3 Å². The molecule has 0 spiro atoms. The summed E-state index contributed by atoms with van der Waals surface area (Å²) in [6, 6.07) is 4.57. The molecule has 0 saturated carbocycles. The molecule has 8 heteroatoms. The first kappa shape index (κ1) is 14.6. The fourth-order valence-electron chi connectivity index (χ4n) is 2.11. The number of carbonyl (C=O) groups is 3. The maximum atomic E-state index is 12.1. The Morgan fingerprint density at radius 2 is 1.76 bits per heavy atom. The van der Waals surface area contributed by atoms with E-state index in [9.17, 15) is 24.5 Å². The zero-order valence-electron chi connectivity index (χ0n) is 11.5. The Bertz CT molecular complexity index is 640. The summed E-state index contributed by atoms with van der Waals surface area (Å²) in [6.45, 7) is 2.92. The highest BCUT2D eigenvalue weighted by molar-refractivity contribution is 6.44. The van der Waals surface area contributed by atoms with Crippen molar-refractivity contribution in [2.45, 2.75) is 26.4 Å². The third-order valence-corrected chi connectivity index (χ3v) is 3.12. The van der Waals surface area contributed by atoms with E-state index in [2.05, 4.69) is 0 Å². The smallest absolute Gasteiger partial charge is 0.263 e. The van der Waals surface area contributed by atoms with Crippen molar-refractivity contribution in [2.75, 3.05) is 0 Å². The summed E-state index contributed by atoms with van der Waals surface area (Å²) in [5, 5.41) is 10.9. The highest BCUT2D eigenvalue weighted by Crippen LogP contribution is 2.23. The largest absolute Gasteiger partial charge is 0.334 e. The van der Waals surface area contributed by atoms with E-state index in [1.165, 1.54) is 18.2 Å². The normalized spacial score (nSPS) is 15.3. The fourth-order valence-corrected chi connectivity index (χ4v) is 2.11. The summed E-state index contributed by atoms with van der Waals surface area (Å²) in [4.78, 5) is 47.6. The molecule has 1 fully saturated rings. The van der Waals surface area contributed by atoms with Gasteiger partial charge in [0.25, 0.3) is 5.69 Å². The third-order valence-electron chi connectivity index (χ3n) is 3.12. The molecule has 1 aliphatic rings. The highest BCUT2D eigenvalue weighted by atomic mass is 16.6. The van der Waals surface area contributed by atoms with Crippen LogP contribution < -0.4 is 0 Å². The van der Waals surface area contributed by atoms with E-state index in [-0.39, 0.29) is 17.8 Å². The van der Waals surface area contributed by atoms with Crippen LogP contribution in [0, 0.1) is 10.1 Å². The van der Waals surface area contributed by atoms with Gasteiger partial charge in [0.15, 0.2) is 0 Å². The summed E-state index contributed by atoms with van der Waals surface area (Å²) < 4.78 is 0. The Morgan fingerprint density at radius 3 is 2.29 bits per heavy atom. The molecule has 0 atom stereocenters. The number of nitro benzene ring substituents is 1. The van der Waals surface area contributed by atoms with Crippen molar-refractivity contribution in [1.82, 2.24) is 9.80 Å². The van der Waals surface area contributed by atoms with Gasteiger partial charge in [0.05, 0.1) is 11.5 Å². The van der Waals surface area contributed by atoms with Crippen LogP contribution in [0.3, 0.4) is 0 Å². The Kier molecular flexibility index (Phi) is 3.70. The monoisotopic (exact) mass is 291 g/mol. The minimum Gasteiger partial charge on any atom is -0.263 e. The van der Waals surface area contributed by atoms with Crippen molar-refractivity contribution in [1.29, 1.82) is 0 Å². The minimum absolute atomic E-state index is 0.197. The summed E-state index contributed by atoms with van der Waals surface area (Å²) in [6.07, 6.45) is 0. The molecule has 21 heavy (non-hydrogen) atoms. The first-order valence-corrected chi connectivity index (χ1v) is 6.26. The molecule has 1 aromatic rings. The molecule has 1 saturated heterocycles. The summed E-state index contributed by atoms with van der Waals surface area (Å²) in [7, 11) is 0. The number of nitrogens with zero attached hydrogens (tertiary/aromatic N) is 3. The SMILES string of the molecule is CC(C)N1C(=O)C(=O)N(Cc2ccccc2[N+](=O)[O-])C1=O. The molecule has 0 aliphatic carbocycles. The van der Waals surface area contributed by atoms with Gasteiger partial charge in [0, 0.05) is 17.7 Å². The number of benzene rings is 1. The quantitative estimate of drug-likeness (QED) is 0.360. The van der Waals surface area contributed by atoms with Crippen LogP contribution in [0.4, 0.5) is 10.5 Å². The van der Waals surface area contributed by atoms with Gasteiger partial charge < -0.3 is 0 Å². The van der Waals surface area contributed by atoms with Gasteiger partial charge in [0.1, 0.15) is 0 Å². The van der Waals surface area contributed by atoms with Crippen molar-refractivity contribution in [3.63, 3.8) is 0 Å². The summed E-state index contributed by atoms with van der Waals surface area (Å²) >= 11 is 0. The van der Waals surface area contributed by atoms with Crippen LogP contribution in [0.25, 0.3) is 0 Å². The van der Waals surface area contributed by atoms with Gasteiger partial charge in [-0.05, 0) is 13.8 Å². The van der Waals surface area contributed by atoms with Gasteiger partial charge in [-0.25, -0.2) is 4.79 Å². The average molecular weight is 291 g/mol. The van der Waals surface area contributed by atoms with Gasteiger partial charge in [-0.15, -0.1) is 0 Å². The molecule has 0 aromatic heterocycles. The number of hydrogen-bond donors (Lipinski definition) is 0. The first-order valence-electron chi connectivity index (χ1n) is 6.26. The van der Waals surface area contributed by atoms with Crippen molar-refractivity contribution < 1.29 is 19.3 Å². The van der Waals surface area contributed by atoms with Crippen LogP contribution in [-0.2, 0) is 16.1 Å². The van der Waals surface area contributed by atoms with Gasteiger partial charge in [-0.2, -0.15) is 0 Å². The lowest BCUT2D eigenvalue weighted by Crippen LogP contribution is -2.37. The number of imide groups is 2. The van der Waals surface area contributed by atoms with Crippen LogP contribution in [0.2, 0.25) is 0 Å². The molecule has 2 rings (SSSR count). The van der Waals surface area contributed by atoms with E-state index in [4.69, 9.17) is 0 Å². The van der Waals surface area contributed by atoms with Crippen LogP contribution in [0.5, 0.6) is 0 Å². The van der Waals surface area contributed by atoms with Gasteiger partial charge in [-0.1, -0.05) is 18.2 Å². The Hall–Kier alpha value is -2.77. The number of hydrogen-bond acceptors (Lipinski definition) is 5. The number of amides is 4. The van der Waals surface area contributed by atoms with E-state index in [0.717, 1.165) is 9.80 Å². The van der Waals surface area contributed by atoms with E-state index in [0.29, 0.717) is 0 Å². The standard InChI is InChI=1S/C13H13N3O5/c1-8(2)15-12(18)11(17)14(13(15)19)7-9-5-3-4-6-10(9)16(20)21/h3-6,8H,7H2,1-2H3. The molecule has 0 unspecified atom stereocenters. The molecule has 0 N–H and O–H groups in total. The predicted molar refractivity (Wildman–Crippen MR) is 71.0 cm³/mol. The topological polar surface area (TPSA) is 101 Å². The first-order chi connectivity index (χ1) is 9.84. The van der Waals surface area contributed by atoms with E-state index in [1.807, 2.05) is 0 Å². The van der Waals surface area contributed by atoms with Gasteiger partial charge in [0.2, 0.25) is 0 Å². The van der Waals surface area contributed by atoms with Crippen LogP contribution in [-0.4, -0.2) is 38.6 Å². The maximum absolute atomic E-state index is 12.1. The van der Waals surface area contributed by atoms with Crippen molar-refractivity contribution in [2.24, 2.45) is 0 Å². The molecule has 1 heterocycles. The molecule has 1 aromatic carbocycles. The molecular formula is C13H13N3O5. The predicted octanol–water partition coefficient (Wildman–Crippen LogP) is 1.29. The lowest BCUT2D eigenvalue weighted by atomic mass is 10.1. The van der Waals surface area contributed by atoms with E-state index < -0.39 is 28.8 Å². The summed E-state index contributed by atoms with van der Waals surface area (Å²) in [5.74, 6) is -1.87. The fraction of sp³-hybridized carbons (Fsp3) is 0.308. The maximum Gasteiger partial charge on any atom is 0.334 e. The molecule has 0 radical (unpaired) electrons. The number of rotatable bonds is 4. The number of para-hydroxylation sites is 1. The lowest BCUT2D eigenvalue weighted by Gasteiger charge is -2.18. The second-order valence-corrected chi connectivity index (χ2v) is 4.83. The number of carbonyl (C=O) groups excluding carboxylic acids is 3. The number of nitro groups is 1. The third kappa shape index (κ3) is 2.47. The molecule has 4 amide bonds. The molecule has 110 valence electrons. The van der Waals surface area contributed by atoms with Crippen LogP contribution >= 0.6 is 0 Å². The second-order valence-electron chi connectivity index (χ2n) is 4.83. The zero-order chi connectivity index (χ0) is 15.7. The Morgan fingerprint density at radius 1 is 1.14 bits per heavy atom. The Balaban J connectivity index is 2.33. The highest BCUT2D eigenvalue weighted by Gasteiger charge is 2.45. The zero-order valence-corrected chi connectivity index (χ0v) is 11.5. The minimum atomic E-state index is -0.966. The van der Waals surface area contributed by atoms with Crippen molar-refractivity contribution in [3.05, 3.63) is 39.9 Å². The van der Waals surface area contributed by atoms with Gasteiger partial charge >= 0.3 is 17.8 Å². The molecule has 0 bridgehead atoms. The van der Waals surface area contributed by atoms with Gasteiger partial charge in [-0.3, -0.25) is 29.5 Å². The van der Waals surface area contributed by atoms with E-state index >= 15 is 0 Å². The molecule has 1 aliphatic heterocycles.